The van der Waals surface area contributed by atoms with Gasteiger partial charge in [0.15, 0.2) is 9.84 Å². The van der Waals surface area contributed by atoms with Crippen LogP contribution in [0.4, 0.5) is 17.6 Å². The summed E-state index contributed by atoms with van der Waals surface area (Å²) in [5.74, 6) is -1.34. The molecule has 2 aromatic carbocycles. The van der Waals surface area contributed by atoms with Gasteiger partial charge in [-0.2, -0.15) is 13.2 Å². The van der Waals surface area contributed by atoms with E-state index in [1.54, 1.807) is 0 Å². The maximum Gasteiger partial charge on any atom is 0.416 e. The van der Waals surface area contributed by atoms with Crippen LogP contribution in [0, 0.1) is 5.82 Å². The Morgan fingerprint density at radius 1 is 1.11 bits per heavy atom. The normalized spacial score (nSPS) is 19.8. The zero-order valence-corrected chi connectivity index (χ0v) is 15.7. The van der Waals surface area contributed by atoms with Crippen molar-refractivity contribution in [3.05, 3.63) is 64.4 Å². The first-order chi connectivity index (χ1) is 13.0. The zero-order chi connectivity index (χ0) is 20.7. The number of amides is 1. The first kappa shape index (κ1) is 20.6. The van der Waals surface area contributed by atoms with Gasteiger partial charge < -0.3 is 5.32 Å². The third-order valence-corrected chi connectivity index (χ3v) is 7.02. The molecule has 0 unspecified atom stereocenters. The lowest BCUT2D eigenvalue weighted by atomic mass is 9.92. The highest BCUT2D eigenvalue weighted by Crippen LogP contribution is 2.35. The predicted molar refractivity (Wildman–Crippen MR) is 94.3 cm³/mol. The Labute approximate surface area is 163 Å². The molecule has 1 aliphatic carbocycles. The van der Waals surface area contributed by atoms with Gasteiger partial charge in [-0.05, 0) is 49.2 Å². The molecule has 1 amide bonds. The van der Waals surface area contributed by atoms with Crippen LogP contribution in [0.15, 0.2) is 47.4 Å². The van der Waals surface area contributed by atoms with Gasteiger partial charge in [0.25, 0.3) is 5.91 Å². The Balaban J connectivity index is 1.65. The van der Waals surface area contributed by atoms with Gasteiger partial charge in [-0.15, -0.1) is 0 Å². The molecule has 4 nitrogen and oxygen atoms in total. The molecule has 2 aromatic rings. The summed E-state index contributed by atoms with van der Waals surface area (Å²) < 4.78 is 76.9. The van der Waals surface area contributed by atoms with Crippen LogP contribution >= 0.6 is 11.6 Å². The molecule has 3 rings (SSSR count). The minimum Gasteiger partial charge on any atom is -0.349 e. The molecule has 1 aliphatic rings. The van der Waals surface area contributed by atoms with Crippen molar-refractivity contribution in [3.63, 3.8) is 0 Å². The first-order valence-electron chi connectivity index (χ1n) is 8.15. The number of nitrogens with one attached hydrogen (secondary N) is 1. The molecule has 0 heterocycles. The van der Waals surface area contributed by atoms with Crippen LogP contribution in [-0.2, 0) is 16.0 Å². The summed E-state index contributed by atoms with van der Waals surface area (Å²) in [5.41, 5.74) is -1.01. The van der Waals surface area contributed by atoms with Crippen LogP contribution in [0.1, 0.15) is 28.8 Å². The fraction of sp³-hybridized carbons (Fsp3) is 0.278. The molecular formula is C18H14ClF4NO3S. The second kappa shape index (κ2) is 7.36. The van der Waals surface area contributed by atoms with Crippen molar-refractivity contribution in [3.8, 4) is 0 Å². The third kappa shape index (κ3) is 4.15. The minimum atomic E-state index is -4.64. The fourth-order valence-electron chi connectivity index (χ4n) is 2.88. The van der Waals surface area contributed by atoms with E-state index >= 15 is 0 Å². The van der Waals surface area contributed by atoms with Crippen LogP contribution in [0.2, 0.25) is 5.02 Å². The van der Waals surface area contributed by atoms with Gasteiger partial charge in [0, 0.05) is 11.6 Å². The number of rotatable bonds is 4. The van der Waals surface area contributed by atoms with E-state index in [9.17, 15) is 30.8 Å². The quantitative estimate of drug-likeness (QED) is 0.731. The Kier molecular flexibility index (Phi) is 5.42. The van der Waals surface area contributed by atoms with Gasteiger partial charge in [0.2, 0.25) is 0 Å². The topological polar surface area (TPSA) is 63.2 Å². The van der Waals surface area contributed by atoms with Crippen molar-refractivity contribution in [2.75, 3.05) is 0 Å². The molecule has 150 valence electrons. The second-order valence-corrected chi connectivity index (χ2v) is 9.10. The van der Waals surface area contributed by atoms with Gasteiger partial charge in [0.1, 0.15) is 5.82 Å². The monoisotopic (exact) mass is 435 g/mol. The summed E-state index contributed by atoms with van der Waals surface area (Å²) in [6.07, 6.45) is -4.53. The van der Waals surface area contributed by atoms with E-state index < -0.39 is 49.5 Å². The Morgan fingerprint density at radius 2 is 1.79 bits per heavy atom. The van der Waals surface area contributed by atoms with Crippen molar-refractivity contribution < 1.29 is 30.8 Å². The molecule has 28 heavy (non-hydrogen) atoms. The summed E-state index contributed by atoms with van der Waals surface area (Å²) in [7, 11) is -3.96. The summed E-state index contributed by atoms with van der Waals surface area (Å²) in [4.78, 5) is 11.7. The number of carbonyl (C=O) groups excluding carboxylic acids is 1. The highest BCUT2D eigenvalue weighted by Gasteiger charge is 2.41. The minimum absolute atomic E-state index is 0.0334. The van der Waals surface area contributed by atoms with Gasteiger partial charge >= 0.3 is 6.18 Å². The molecule has 0 saturated heterocycles. The number of sulfone groups is 1. The summed E-state index contributed by atoms with van der Waals surface area (Å²) in [5, 5.41) is 1.54. The van der Waals surface area contributed by atoms with E-state index in [0.29, 0.717) is 6.07 Å². The number of hydrogen-bond donors (Lipinski definition) is 1. The Hall–Kier alpha value is -2.13. The second-order valence-electron chi connectivity index (χ2n) is 6.46. The van der Waals surface area contributed by atoms with Crippen LogP contribution in [0.25, 0.3) is 0 Å². The Morgan fingerprint density at radius 3 is 2.39 bits per heavy atom. The molecule has 1 saturated carbocycles. The zero-order valence-electron chi connectivity index (χ0n) is 14.1. The SMILES string of the molecule is O=C(N[C@H]1C[C@H](S(=O)(=O)c2cccc(C(F)(F)F)c2)C1)c1ccc(Cl)c(F)c1. The highest BCUT2D eigenvalue weighted by molar-refractivity contribution is 7.92. The van der Waals surface area contributed by atoms with Crippen LogP contribution in [0.3, 0.4) is 0 Å². The molecule has 1 N–H and O–H groups in total. The number of hydrogen-bond acceptors (Lipinski definition) is 3. The van der Waals surface area contributed by atoms with E-state index in [1.165, 1.54) is 12.1 Å². The van der Waals surface area contributed by atoms with E-state index in [4.69, 9.17) is 11.6 Å². The molecular weight excluding hydrogens is 422 g/mol. The largest absolute Gasteiger partial charge is 0.416 e. The van der Waals surface area contributed by atoms with Crippen LogP contribution < -0.4 is 5.32 Å². The third-order valence-electron chi connectivity index (χ3n) is 4.54. The van der Waals surface area contributed by atoms with Crippen molar-refractivity contribution >= 4 is 27.3 Å². The number of alkyl halides is 3. The fourth-order valence-corrected chi connectivity index (χ4v) is 4.92. The maximum absolute atomic E-state index is 13.4. The molecule has 0 radical (unpaired) electrons. The molecule has 0 aromatic heterocycles. The molecule has 0 aliphatic heterocycles. The van der Waals surface area contributed by atoms with Gasteiger partial charge in [0.05, 0.1) is 20.7 Å². The smallest absolute Gasteiger partial charge is 0.349 e. The summed E-state index contributed by atoms with van der Waals surface area (Å²) in [6.45, 7) is 0. The predicted octanol–water partition coefficient (Wildman–Crippen LogP) is 4.23. The summed E-state index contributed by atoms with van der Waals surface area (Å²) >= 11 is 5.55. The van der Waals surface area contributed by atoms with E-state index in [-0.39, 0.29) is 23.4 Å². The van der Waals surface area contributed by atoms with Crippen molar-refractivity contribution in [2.45, 2.75) is 35.2 Å². The standard InChI is InChI=1S/C18H14ClF4NO3S/c19-15-5-4-10(6-16(15)20)17(25)24-12-8-14(9-12)28(26,27)13-3-1-2-11(7-13)18(21,22)23/h1-7,12,14H,8-9H2,(H,24,25)/t12-,14-. The van der Waals surface area contributed by atoms with Crippen LogP contribution in [0.5, 0.6) is 0 Å². The number of benzene rings is 2. The molecule has 0 atom stereocenters. The molecule has 10 heteroatoms. The van der Waals surface area contributed by atoms with Gasteiger partial charge in [-0.25, -0.2) is 12.8 Å². The van der Waals surface area contributed by atoms with Crippen molar-refractivity contribution in [1.29, 1.82) is 0 Å². The summed E-state index contributed by atoms with van der Waals surface area (Å²) in [6, 6.07) is 6.62. The van der Waals surface area contributed by atoms with Crippen molar-refractivity contribution in [2.24, 2.45) is 0 Å². The number of halogens is 5. The lowest BCUT2D eigenvalue weighted by Gasteiger charge is -2.35. The maximum atomic E-state index is 13.4. The highest BCUT2D eigenvalue weighted by atomic mass is 35.5. The number of carbonyl (C=O) groups is 1. The molecule has 0 bridgehead atoms. The first-order valence-corrected chi connectivity index (χ1v) is 10.1. The lowest BCUT2D eigenvalue weighted by molar-refractivity contribution is -0.137. The average molecular weight is 436 g/mol. The van der Waals surface area contributed by atoms with E-state index in [1.807, 2.05) is 0 Å². The molecule has 0 spiro atoms. The molecule has 1 fully saturated rings. The van der Waals surface area contributed by atoms with Gasteiger partial charge in [-0.3, -0.25) is 4.79 Å². The van der Waals surface area contributed by atoms with E-state index in [2.05, 4.69) is 5.32 Å². The average Bonchev–Trinajstić information content (AvgIpc) is 2.59. The van der Waals surface area contributed by atoms with Crippen LogP contribution in [-0.4, -0.2) is 25.6 Å². The van der Waals surface area contributed by atoms with E-state index in [0.717, 1.165) is 24.3 Å². The lowest BCUT2D eigenvalue weighted by Crippen LogP contribution is -2.49. The Bertz CT molecular complexity index is 1020. The van der Waals surface area contributed by atoms with Crippen molar-refractivity contribution in [1.82, 2.24) is 5.32 Å². The van der Waals surface area contributed by atoms with Gasteiger partial charge in [-0.1, -0.05) is 17.7 Å².